The summed E-state index contributed by atoms with van der Waals surface area (Å²) in [7, 11) is 0. The van der Waals surface area contributed by atoms with Gasteiger partial charge in [-0.15, -0.1) is 0 Å². The van der Waals surface area contributed by atoms with Crippen LogP contribution in [0.15, 0.2) is 46.5 Å². The van der Waals surface area contributed by atoms with E-state index in [1.54, 1.807) is 0 Å². The van der Waals surface area contributed by atoms with Gasteiger partial charge < -0.3 is 5.32 Å². The highest BCUT2D eigenvalue weighted by atomic mass is 15.0. The van der Waals surface area contributed by atoms with Crippen molar-refractivity contribution in [3.63, 3.8) is 0 Å². The summed E-state index contributed by atoms with van der Waals surface area (Å²) < 4.78 is 0. The van der Waals surface area contributed by atoms with Crippen LogP contribution in [0.1, 0.15) is 45.5 Å². The molecule has 1 N–H and O–H groups in total. The van der Waals surface area contributed by atoms with E-state index in [1.807, 2.05) is 13.0 Å². The minimum atomic E-state index is -0.0255. The van der Waals surface area contributed by atoms with Crippen LogP contribution in [0, 0.1) is 18.8 Å². The van der Waals surface area contributed by atoms with Gasteiger partial charge in [0.2, 0.25) is 0 Å². The van der Waals surface area contributed by atoms with E-state index < -0.39 is 0 Å². The Kier molecular flexibility index (Phi) is 4.62. The average molecular weight is 323 g/mol. The lowest BCUT2D eigenvalue weighted by Gasteiger charge is -2.30. The van der Waals surface area contributed by atoms with Crippen molar-refractivity contribution in [1.82, 2.24) is 10.3 Å². The fourth-order valence-corrected chi connectivity index (χ4v) is 3.81. The number of pyridine rings is 1. The molecule has 0 spiro atoms. The first-order chi connectivity index (χ1) is 11.4. The van der Waals surface area contributed by atoms with Gasteiger partial charge in [0.05, 0.1) is 0 Å². The Balaban J connectivity index is 1.74. The minimum Gasteiger partial charge on any atom is -0.372 e. The predicted molar refractivity (Wildman–Crippen MR) is 101 cm³/mol. The zero-order chi connectivity index (χ0) is 17.3. The smallest absolute Gasteiger partial charge is 0.104 e. The monoisotopic (exact) mass is 323 g/mol. The summed E-state index contributed by atoms with van der Waals surface area (Å²) in [5.41, 5.74) is 5.13. The molecule has 3 nitrogen and oxygen atoms in total. The fraction of sp³-hybridized carbons (Fsp3) is 0.524. The molecule has 24 heavy (non-hydrogen) atoms. The number of aromatic nitrogens is 1. The van der Waals surface area contributed by atoms with Crippen LogP contribution < -0.4 is 5.32 Å². The van der Waals surface area contributed by atoms with Gasteiger partial charge in [0.15, 0.2) is 0 Å². The Hall–Kier alpha value is -1.90. The van der Waals surface area contributed by atoms with Gasteiger partial charge in [-0.3, -0.25) is 9.98 Å². The number of hydrogen-bond donors (Lipinski definition) is 1. The molecule has 3 heteroatoms. The van der Waals surface area contributed by atoms with Gasteiger partial charge in [0, 0.05) is 41.7 Å². The topological polar surface area (TPSA) is 37.3 Å². The van der Waals surface area contributed by atoms with E-state index in [2.05, 4.69) is 57.3 Å². The summed E-state index contributed by atoms with van der Waals surface area (Å²) in [6, 6.07) is 6.27. The molecular formula is C21H29N3. The molecule has 3 rings (SSSR count). The second kappa shape index (κ2) is 6.54. The first-order valence-electron chi connectivity index (χ1n) is 9.02. The van der Waals surface area contributed by atoms with Crippen molar-refractivity contribution in [2.75, 3.05) is 13.1 Å². The van der Waals surface area contributed by atoms with Crippen LogP contribution >= 0.6 is 0 Å². The Bertz CT molecular complexity index is 710. The molecule has 0 amide bonds. The molecule has 1 aromatic heterocycles. The van der Waals surface area contributed by atoms with E-state index in [-0.39, 0.29) is 5.41 Å². The van der Waals surface area contributed by atoms with Crippen molar-refractivity contribution in [3.8, 4) is 0 Å². The highest BCUT2D eigenvalue weighted by molar-refractivity contribution is 5.90. The molecule has 1 aliphatic heterocycles. The van der Waals surface area contributed by atoms with Gasteiger partial charge in [-0.2, -0.15) is 0 Å². The van der Waals surface area contributed by atoms with Crippen molar-refractivity contribution in [3.05, 3.63) is 52.9 Å². The van der Waals surface area contributed by atoms with Crippen LogP contribution in [-0.4, -0.2) is 23.9 Å². The Morgan fingerprint density at radius 2 is 2.04 bits per heavy atom. The van der Waals surface area contributed by atoms with E-state index in [1.165, 1.54) is 17.0 Å². The average Bonchev–Trinajstić information content (AvgIpc) is 2.96. The largest absolute Gasteiger partial charge is 0.372 e. The molecule has 0 fully saturated rings. The third kappa shape index (κ3) is 3.17. The summed E-state index contributed by atoms with van der Waals surface area (Å²) in [5, 5.41) is 3.67. The van der Waals surface area contributed by atoms with Crippen molar-refractivity contribution in [2.45, 2.75) is 46.5 Å². The molecule has 2 atom stereocenters. The van der Waals surface area contributed by atoms with Crippen LogP contribution in [0.4, 0.5) is 0 Å². The van der Waals surface area contributed by atoms with Gasteiger partial charge in [-0.25, -0.2) is 0 Å². The number of nitrogens with one attached hydrogen (secondary N) is 1. The van der Waals surface area contributed by atoms with Crippen molar-refractivity contribution in [2.24, 2.45) is 16.8 Å². The van der Waals surface area contributed by atoms with E-state index in [4.69, 9.17) is 9.98 Å². The SMILES string of the molecule is CCC1=C(C)C=CC2CN=C(NCC(C)(C)c3cccc(C)n3)C12. The Morgan fingerprint density at radius 3 is 2.75 bits per heavy atom. The number of allylic oxidation sites excluding steroid dienone is 2. The quantitative estimate of drug-likeness (QED) is 0.902. The molecule has 0 saturated carbocycles. The second-order valence-corrected chi connectivity index (χ2v) is 7.69. The number of rotatable bonds is 4. The Morgan fingerprint density at radius 1 is 1.25 bits per heavy atom. The minimum absolute atomic E-state index is 0.0255. The standard InChI is InChI=1S/C21H29N3/c1-6-17-14(2)10-11-16-12-22-20(19(16)17)23-13-21(4,5)18-9-7-8-15(3)24-18/h7-11,16,19H,6,12-13H2,1-5H3,(H,22,23). The predicted octanol–water partition coefficient (Wildman–Crippen LogP) is 4.20. The molecular weight excluding hydrogens is 294 g/mol. The Labute approximate surface area is 146 Å². The first-order valence-corrected chi connectivity index (χ1v) is 9.02. The maximum Gasteiger partial charge on any atom is 0.104 e. The molecule has 1 aliphatic carbocycles. The van der Waals surface area contributed by atoms with Crippen molar-refractivity contribution in [1.29, 1.82) is 0 Å². The molecule has 2 aliphatic rings. The summed E-state index contributed by atoms with van der Waals surface area (Å²) in [6.07, 6.45) is 5.71. The maximum atomic E-state index is 4.83. The highest BCUT2D eigenvalue weighted by Gasteiger charge is 2.35. The number of nitrogens with zero attached hydrogens (tertiary/aromatic N) is 2. The van der Waals surface area contributed by atoms with Crippen LogP contribution in [0.25, 0.3) is 0 Å². The number of aryl methyl sites for hydroxylation is 1. The zero-order valence-corrected chi connectivity index (χ0v) is 15.6. The third-order valence-corrected chi connectivity index (χ3v) is 5.34. The molecule has 1 aromatic rings. The van der Waals surface area contributed by atoms with E-state index in [9.17, 15) is 0 Å². The highest BCUT2D eigenvalue weighted by Crippen LogP contribution is 2.36. The van der Waals surface area contributed by atoms with Crippen LogP contribution in [0.5, 0.6) is 0 Å². The third-order valence-electron chi connectivity index (χ3n) is 5.34. The molecule has 128 valence electrons. The lowest BCUT2D eigenvalue weighted by Crippen LogP contribution is -2.41. The molecule has 0 radical (unpaired) electrons. The number of aliphatic imine (C=N–C) groups is 1. The molecule has 0 bridgehead atoms. The lowest BCUT2D eigenvalue weighted by atomic mass is 9.79. The van der Waals surface area contributed by atoms with Crippen molar-refractivity contribution >= 4 is 5.84 Å². The summed E-state index contributed by atoms with van der Waals surface area (Å²) in [4.78, 5) is 9.54. The molecule has 0 aromatic carbocycles. The van der Waals surface area contributed by atoms with Gasteiger partial charge >= 0.3 is 0 Å². The number of amidine groups is 1. The van der Waals surface area contributed by atoms with E-state index in [0.29, 0.717) is 11.8 Å². The number of hydrogen-bond acceptors (Lipinski definition) is 3. The summed E-state index contributed by atoms with van der Waals surface area (Å²) in [6.45, 7) is 12.8. The second-order valence-electron chi connectivity index (χ2n) is 7.69. The van der Waals surface area contributed by atoms with E-state index >= 15 is 0 Å². The fourth-order valence-electron chi connectivity index (χ4n) is 3.81. The maximum absolute atomic E-state index is 4.83. The van der Waals surface area contributed by atoms with Crippen LogP contribution in [-0.2, 0) is 5.41 Å². The van der Waals surface area contributed by atoms with Gasteiger partial charge in [0.25, 0.3) is 0 Å². The van der Waals surface area contributed by atoms with Crippen LogP contribution in [0.3, 0.4) is 0 Å². The molecule has 2 unspecified atom stereocenters. The van der Waals surface area contributed by atoms with Gasteiger partial charge in [-0.05, 0) is 32.4 Å². The van der Waals surface area contributed by atoms with Crippen molar-refractivity contribution < 1.29 is 0 Å². The van der Waals surface area contributed by atoms with Gasteiger partial charge in [-0.1, -0.05) is 50.1 Å². The van der Waals surface area contributed by atoms with E-state index in [0.717, 1.165) is 30.9 Å². The lowest BCUT2D eigenvalue weighted by molar-refractivity contribution is 0.488. The number of fused-ring (bicyclic) bond motifs is 1. The normalized spacial score (nSPS) is 23.3. The molecule has 2 heterocycles. The van der Waals surface area contributed by atoms with Gasteiger partial charge in [0.1, 0.15) is 5.84 Å². The zero-order valence-electron chi connectivity index (χ0n) is 15.6. The molecule has 0 saturated heterocycles. The summed E-state index contributed by atoms with van der Waals surface area (Å²) >= 11 is 0. The first kappa shape index (κ1) is 16.9. The summed E-state index contributed by atoms with van der Waals surface area (Å²) in [5.74, 6) is 2.15. The van der Waals surface area contributed by atoms with Crippen LogP contribution in [0.2, 0.25) is 0 Å².